The van der Waals surface area contributed by atoms with Gasteiger partial charge >= 0.3 is 0 Å². The third kappa shape index (κ3) is 12.4. The van der Waals surface area contributed by atoms with Gasteiger partial charge in [0.15, 0.2) is 0 Å². The second kappa shape index (κ2) is 13.3. The molecular weight excluding hydrogens is 191 g/mol. The maximum Gasteiger partial charge on any atom is 0 e. The van der Waals surface area contributed by atoms with Gasteiger partial charge in [0.2, 0.25) is 0 Å². The van der Waals surface area contributed by atoms with Crippen LogP contribution in [0.15, 0.2) is 37.5 Å². The van der Waals surface area contributed by atoms with Gasteiger partial charge < -0.3 is 0 Å². The van der Waals surface area contributed by atoms with Crippen LogP contribution < -0.4 is 0 Å². The van der Waals surface area contributed by atoms with E-state index in [0.29, 0.717) is 0 Å². The summed E-state index contributed by atoms with van der Waals surface area (Å²) >= 11 is 0. The second-order valence-corrected chi connectivity index (χ2v) is 1.82. The Bertz CT molecular complexity index is 103. The van der Waals surface area contributed by atoms with E-state index in [0.717, 1.165) is 0 Å². The molecule has 0 atom stereocenters. The third-order valence-corrected chi connectivity index (χ3v) is 0.939. The minimum atomic E-state index is 0. The summed E-state index contributed by atoms with van der Waals surface area (Å²) in [4.78, 5) is 0. The van der Waals surface area contributed by atoms with Crippen molar-refractivity contribution in [2.75, 3.05) is 0 Å². The molecule has 0 aliphatic heterocycles. The predicted octanol–water partition coefficient (Wildman–Crippen LogP) is 2.93. The van der Waals surface area contributed by atoms with Crippen LogP contribution in [0.1, 0.15) is 0 Å². The van der Waals surface area contributed by atoms with Crippen molar-refractivity contribution in [1.29, 1.82) is 0 Å². The van der Waals surface area contributed by atoms with Crippen LogP contribution in [0.2, 0.25) is 0 Å². The average molecular weight is 204 g/mol. The van der Waals surface area contributed by atoms with Crippen LogP contribution in [0, 0.1) is 32.1 Å². The molecule has 1 aliphatic carbocycles. The molecule has 1 saturated carbocycles. The maximum atomic E-state index is 3.46. The third-order valence-electron chi connectivity index (χ3n) is 0.939. The van der Waals surface area contributed by atoms with E-state index in [1.165, 1.54) is 0 Å². The zero-order valence-electron chi connectivity index (χ0n) is 6.94. The molecule has 66 valence electrons. The fourth-order valence-electron chi connectivity index (χ4n) is 0.478. The molecule has 0 amide bonds. The van der Waals surface area contributed by atoms with Gasteiger partial charge in [-0.1, -0.05) is 37.5 Å². The van der Waals surface area contributed by atoms with Crippen LogP contribution in [0.5, 0.6) is 0 Å². The topological polar surface area (TPSA) is 0 Å². The fourth-order valence-corrected chi connectivity index (χ4v) is 0.478. The quantitative estimate of drug-likeness (QED) is 0.606. The Labute approximate surface area is 86.6 Å². The maximum absolute atomic E-state index is 3.46. The molecule has 1 fully saturated rings. The van der Waals surface area contributed by atoms with Crippen LogP contribution in [0.25, 0.3) is 0 Å². The SMILES string of the molecule is C=C/C=C/C=C.[CH]1[CH][CH][CH][CH]1.[Co]. The van der Waals surface area contributed by atoms with Crippen molar-refractivity contribution in [1.82, 2.24) is 0 Å². The van der Waals surface area contributed by atoms with Crippen molar-refractivity contribution in [2.45, 2.75) is 0 Å². The minimum absolute atomic E-state index is 0. The first-order valence-electron chi connectivity index (χ1n) is 3.48. The van der Waals surface area contributed by atoms with Crippen molar-refractivity contribution in [3.8, 4) is 0 Å². The fraction of sp³-hybridized carbons (Fsp3) is 0. The number of hydrogen-bond donors (Lipinski definition) is 0. The van der Waals surface area contributed by atoms with Crippen molar-refractivity contribution in [2.24, 2.45) is 0 Å². The van der Waals surface area contributed by atoms with Crippen LogP contribution in [-0.2, 0) is 16.8 Å². The summed E-state index contributed by atoms with van der Waals surface area (Å²) in [5.74, 6) is 0. The molecule has 0 N–H and O–H groups in total. The zero-order valence-corrected chi connectivity index (χ0v) is 7.98. The number of allylic oxidation sites excluding steroid dienone is 4. The van der Waals surface area contributed by atoms with Crippen LogP contribution >= 0.6 is 0 Å². The van der Waals surface area contributed by atoms with Crippen molar-refractivity contribution >= 4 is 0 Å². The molecule has 0 nitrogen and oxygen atoms in total. The molecule has 12 heavy (non-hydrogen) atoms. The molecule has 0 heterocycles. The summed E-state index contributed by atoms with van der Waals surface area (Å²) < 4.78 is 0. The van der Waals surface area contributed by atoms with Crippen molar-refractivity contribution < 1.29 is 16.8 Å². The van der Waals surface area contributed by atoms with E-state index in [1.54, 1.807) is 12.2 Å². The first kappa shape index (κ1) is 14.3. The second-order valence-electron chi connectivity index (χ2n) is 1.82. The van der Waals surface area contributed by atoms with E-state index in [9.17, 15) is 0 Å². The van der Waals surface area contributed by atoms with Crippen LogP contribution in [0.4, 0.5) is 0 Å². The molecule has 6 radical (unpaired) electrons. The van der Waals surface area contributed by atoms with E-state index in [1.807, 2.05) is 44.3 Å². The van der Waals surface area contributed by atoms with Gasteiger partial charge in [-0.3, -0.25) is 0 Å². The van der Waals surface area contributed by atoms with E-state index >= 15 is 0 Å². The van der Waals surface area contributed by atoms with Gasteiger partial charge in [-0.2, -0.15) is 0 Å². The molecule has 0 aromatic rings. The summed E-state index contributed by atoms with van der Waals surface area (Å²) in [7, 11) is 0. The minimum Gasteiger partial charge on any atom is -0.0991 e. The van der Waals surface area contributed by atoms with Gasteiger partial charge in [-0.25, -0.2) is 0 Å². The molecule has 0 spiro atoms. The zero-order chi connectivity index (χ0) is 8.36. The summed E-state index contributed by atoms with van der Waals surface area (Å²) in [6.45, 7) is 6.93. The summed E-state index contributed by atoms with van der Waals surface area (Å²) in [6.07, 6.45) is 17.1. The smallest absolute Gasteiger partial charge is 0 e. The van der Waals surface area contributed by atoms with Crippen molar-refractivity contribution in [3.05, 3.63) is 69.6 Å². The Hall–Kier alpha value is -0.274. The summed E-state index contributed by atoms with van der Waals surface area (Å²) in [6, 6.07) is 0. The first-order valence-corrected chi connectivity index (χ1v) is 3.48. The monoisotopic (exact) mass is 204 g/mol. The standard InChI is InChI=1S/C6H8.C5H5.Co/c1-3-5-6-4-2;1-2-4-5-3-1;/h3-6H,1-2H2;1-5H;/b6-5+;;. The van der Waals surface area contributed by atoms with Gasteiger partial charge in [0.05, 0.1) is 0 Å². The number of hydrogen-bond acceptors (Lipinski definition) is 0. The van der Waals surface area contributed by atoms with Gasteiger partial charge in [0.25, 0.3) is 0 Å². The van der Waals surface area contributed by atoms with Gasteiger partial charge in [0, 0.05) is 16.8 Å². The molecule has 1 aliphatic rings. The largest absolute Gasteiger partial charge is 0.0991 e. The summed E-state index contributed by atoms with van der Waals surface area (Å²) in [5, 5.41) is 0. The average Bonchev–Trinajstić information content (AvgIpc) is 2.57. The molecule has 0 unspecified atom stereocenters. The molecule has 0 bridgehead atoms. The van der Waals surface area contributed by atoms with Crippen LogP contribution in [0.3, 0.4) is 0 Å². The summed E-state index contributed by atoms with van der Waals surface area (Å²) in [5.41, 5.74) is 0. The molecule has 0 aromatic carbocycles. The van der Waals surface area contributed by atoms with E-state index in [2.05, 4.69) is 13.2 Å². The predicted molar refractivity (Wildman–Crippen MR) is 51.0 cm³/mol. The van der Waals surface area contributed by atoms with Gasteiger partial charge in [0.1, 0.15) is 0 Å². The van der Waals surface area contributed by atoms with E-state index in [-0.39, 0.29) is 16.8 Å². The van der Waals surface area contributed by atoms with Crippen LogP contribution in [-0.4, -0.2) is 0 Å². The van der Waals surface area contributed by atoms with Gasteiger partial charge in [-0.05, 0) is 32.1 Å². The molecular formula is C11H13Co. The Morgan fingerprint density at radius 3 is 1.08 bits per heavy atom. The first-order chi connectivity index (χ1) is 5.41. The number of rotatable bonds is 2. The Morgan fingerprint density at radius 1 is 0.667 bits per heavy atom. The molecule has 1 rings (SSSR count). The molecule has 0 saturated heterocycles. The van der Waals surface area contributed by atoms with E-state index < -0.39 is 0 Å². The molecule has 1 heteroatoms. The Balaban J connectivity index is 0. The Morgan fingerprint density at radius 2 is 0.917 bits per heavy atom. The van der Waals surface area contributed by atoms with E-state index in [4.69, 9.17) is 0 Å². The Kier molecular flexibility index (Phi) is 15.8. The van der Waals surface area contributed by atoms with Gasteiger partial charge in [-0.15, -0.1) is 0 Å². The molecule has 0 aromatic heterocycles. The van der Waals surface area contributed by atoms with Crippen molar-refractivity contribution in [3.63, 3.8) is 0 Å². The normalized spacial score (nSPS) is 14.3.